The van der Waals surface area contributed by atoms with Crippen LogP contribution in [-0.2, 0) is 14.3 Å². The van der Waals surface area contributed by atoms with Crippen LogP contribution >= 0.6 is 11.6 Å². The summed E-state index contributed by atoms with van der Waals surface area (Å²) in [5, 5.41) is 9.02. The maximum Gasteiger partial charge on any atom is 0.243 e. The van der Waals surface area contributed by atoms with Crippen LogP contribution in [0.1, 0.15) is 32.6 Å². The Kier molecular flexibility index (Phi) is 8.55. The monoisotopic (exact) mass is 445 g/mol. The first kappa shape index (κ1) is 22.9. The SMILES string of the molecule is CCCC(=O)Nc1ccc(Cl)c(NC(=O)CNc2ccc(OCC3CCCO3)cc2)c1. The van der Waals surface area contributed by atoms with E-state index in [9.17, 15) is 9.59 Å². The third-order valence-electron chi connectivity index (χ3n) is 4.77. The summed E-state index contributed by atoms with van der Waals surface area (Å²) >= 11 is 6.18. The van der Waals surface area contributed by atoms with E-state index in [1.165, 1.54) is 0 Å². The van der Waals surface area contributed by atoms with Crippen LogP contribution in [0.5, 0.6) is 5.75 Å². The van der Waals surface area contributed by atoms with E-state index in [1.54, 1.807) is 18.2 Å². The summed E-state index contributed by atoms with van der Waals surface area (Å²) < 4.78 is 11.3. The molecule has 1 aliphatic rings. The minimum Gasteiger partial charge on any atom is -0.491 e. The third kappa shape index (κ3) is 7.45. The van der Waals surface area contributed by atoms with Gasteiger partial charge in [0.2, 0.25) is 11.8 Å². The van der Waals surface area contributed by atoms with Gasteiger partial charge in [0.1, 0.15) is 12.4 Å². The minimum atomic E-state index is -0.252. The maximum atomic E-state index is 12.3. The Bertz CT molecular complexity index is 883. The highest BCUT2D eigenvalue weighted by Crippen LogP contribution is 2.26. The lowest BCUT2D eigenvalue weighted by molar-refractivity contribution is -0.116. The second-order valence-corrected chi connectivity index (χ2v) is 7.77. The zero-order valence-corrected chi connectivity index (χ0v) is 18.3. The van der Waals surface area contributed by atoms with Crippen LogP contribution in [0.3, 0.4) is 0 Å². The smallest absolute Gasteiger partial charge is 0.243 e. The van der Waals surface area contributed by atoms with Crippen LogP contribution in [0, 0.1) is 0 Å². The Hall–Kier alpha value is -2.77. The maximum absolute atomic E-state index is 12.3. The molecular formula is C23H28ClN3O4. The van der Waals surface area contributed by atoms with E-state index in [1.807, 2.05) is 31.2 Å². The number of halogens is 1. The Balaban J connectivity index is 1.46. The quantitative estimate of drug-likeness (QED) is 0.493. The fourth-order valence-corrected chi connectivity index (χ4v) is 3.32. The van der Waals surface area contributed by atoms with E-state index in [0.29, 0.717) is 29.4 Å². The van der Waals surface area contributed by atoms with Crippen molar-refractivity contribution in [3.8, 4) is 5.75 Å². The van der Waals surface area contributed by atoms with Gasteiger partial charge in [-0.05, 0) is 61.7 Å². The first-order valence-corrected chi connectivity index (χ1v) is 10.9. The number of hydrogen-bond acceptors (Lipinski definition) is 5. The van der Waals surface area contributed by atoms with Crippen LogP contribution in [0.2, 0.25) is 5.02 Å². The van der Waals surface area contributed by atoms with E-state index in [2.05, 4.69) is 16.0 Å². The summed E-state index contributed by atoms with van der Waals surface area (Å²) in [6.45, 7) is 3.36. The standard InChI is InChI=1S/C23H28ClN3O4/c1-2-4-22(28)26-17-8-11-20(24)21(13-17)27-23(29)14-25-16-6-9-18(10-7-16)31-15-19-5-3-12-30-19/h6-11,13,19,25H,2-5,12,14-15H2,1H3,(H,26,28)(H,27,29). The molecule has 1 heterocycles. The van der Waals surface area contributed by atoms with Gasteiger partial charge in [0.25, 0.3) is 0 Å². The van der Waals surface area contributed by atoms with Crippen LogP contribution in [-0.4, -0.2) is 37.7 Å². The van der Waals surface area contributed by atoms with Crippen LogP contribution in [0.4, 0.5) is 17.1 Å². The van der Waals surface area contributed by atoms with Gasteiger partial charge in [-0.15, -0.1) is 0 Å². The molecule has 0 aliphatic carbocycles. The Labute approximate surface area is 187 Å². The molecule has 0 bridgehead atoms. The first-order valence-electron chi connectivity index (χ1n) is 10.5. The van der Waals surface area contributed by atoms with Crippen molar-refractivity contribution in [3.05, 3.63) is 47.5 Å². The molecule has 0 spiro atoms. The number of benzene rings is 2. The molecule has 1 unspecified atom stereocenters. The third-order valence-corrected chi connectivity index (χ3v) is 5.10. The van der Waals surface area contributed by atoms with Crippen molar-refractivity contribution in [3.63, 3.8) is 0 Å². The fourth-order valence-electron chi connectivity index (χ4n) is 3.16. The molecule has 2 amide bonds. The zero-order chi connectivity index (χ0) is 22.1. The lowest BCUT2D eigenvalue weighted by Gasteiger charge is -2.13. The lowest BCUT2D eigenvalue weighted by atomic mass is 10.2. The minimum absolute atomic E-state index is 0.0683. The largest absolute Gasteiger partial charge is 0.491 e. The number of amides is 2. The van der Waals surface area contributed by atoms with Crippen molar-refractivity contribution in [2.75, 3.05) is 35.7 Å². The summed E-state index contributed by atoms with van der Waals surface area (Å²) in [5.74, 6) is 0.434. The van der Waals surface area contributed by atoms with E-state index in [4.69, 9.17) is 21.1 Å². The molecule has 1 fully saturated rings. The molecular weight excluding hydrogens is 418 g/mol. The molecule has 0 radical (unpaired) electrons. The summed E-state index contributed by atoms with van der Waals surface area (Å²) in [5.41, 5.74) is 1.83. The highest BCUT2D eigenvalue weighted by Gasteiger charge is 2.16. The number of ether oxygens (including phenoxy) is 2. The van der Waals surface area contributed by atoms with E-state index >= 15 is 0 Å². The predicted octanol–water partition coefficient (Wildman–Crippen LogP) is 4.69. The first-order chi connectivity index (χ1) is 15.0. The zero-order valence-electron chi connectivity index (χ0n) is 17.6. The second kappa shape index (κ2) is 11.6. The van der Waals surface area contributed by atoms with Gasteiger partial charge in [0.15, 0.2) is 0 Å². The molecule has 1 atom stereocenters. The van der Waals surface area contributed by atoms with Gasteiger partial charge in [0, 0.05) is 24.4 Å². The molecule has 1 aliphatic heterocycles. The van der Waals surface area contributed by atoms with Crippen molar-refractivity contribution >= 4 is 40.5 Å². The molecule has 31 heavy (non-hydrogen) atoms. The van der Waals surface area contributed by atoms with Crippen molar-refractivity contribution in [1.82, 2.24) is 0 Å². The van der Waals surface area contributed by atoms with Gasteiger partial charge >= 0.3 is 0 Å². The molecule has 1 saturated heterocycles. The fraction of sp³-hybridized carbons (Fsp3) is 0.391. The van der Waals surface area contributed by atoms with Gasteiger partial charge in [-0.3, -0.25) is 9.59 Å². The summed E-state index contributed by atoms with van der Waals surface area (Å²) in [7, 11) is 0. The second-order valence-electron chi connectivity index (χ2n) is 7.36. The Morgan fingerprint density at radius 2 is 1.87 bits per heavy atom. The molecule has 3 rings (SSSR count). The van der Waals surface area contributed by atoms with Crippen LogP contribution < -0.4 is 20.7 Å². The summed E-state index contributed by atoms with van der Waals surface area (Å²) in [6, 6.07) is 12.4. The van der Waals surface area contributed by atoms with E-state index < -0.39 is 0 Å². The lowest BCUT2D eigenvalue weighted by Crippen LogP contribution is -2.22. The van der Waals surface area contributed by atoms with Crippen molar-refractivity contribution in [2.24, 2.45) is 0 Å². The predicted molar refractivity (Wildman–Crippen MR) is 123 cm³/mol. The molecule has 0 saturated carbocycles. The van der Waals surface area contributed by atoms with Gasteiger partial charge in [-0.2, -0.15) is 0 Å². The topological polar surface area (TPSA) is 88.7 Å². The van der Waals surface area contributed by atoms with Gasteiger partial charge in [0.05, 0.1) is 23.4 Å². The number of carbonyl (C=O) groups excluding carboxylic acids is 2. The molecule has 3 N–H and O–H groups in total. The molecule has 8 heteroatoms. The average Bonchev–Trinajstić information content (AvgIpc) is 3.28. The van der Waals surface area contributed by atoms with Crippen molar-refractivity contribution < 1.29 is 19.1 Å². The van der Waals surface area contributed by atoms with Gasteiger partial charge < -0.3 is 25.4 Å². The molecule has 2 aromatic rings. The highest BCUT2D eigenvalue weighted by atomic mass is 35.5. The average molecular weight is 446 g/mol. The molecule has 7 nitrogen and oxygen atoms in total. The van der Waals surface area contributed by atoms with Crippen LogP contribution in [0.15, 0.2) is 42.5 Å². The Morgan fingerprint density at radius 3 is 2.58 bits per heavy atom. The van der Waals surface area contributed by atoms with Gasteiger partial charge in [-0.25, -0.2) is 0 Å². The normalized spacial score (nSPS) is 15.4. The number of anilines is 3. The Morgan fingerprint density at radius 1 is 1.10 bits per heavy atom. The summed E-state index contributed by atoms with van der Waals surface area (Å²) in [4.78, 5) is 24.1. The molecule has 166 valence electrons. The number of nitrogens with one attached hydrogen (secondary N) is 3. The molecule has 0 aromatic heterocycles. The van der Waals surface area contributed by atoms with E-state index in [-0.39, 0.29) is 24.5 Å². The van der Waals surface area contributed by atoms with Crippen molar-refractivity contribution in [1.29, 1.82) is 0 Å². The van der Waals surface area contributed by atoms with Crippen molar-refractivity contribution in [2.45, 2.75) is 38.7 Å². The number of carbonyl (C=O) groups is 2. The highest BCUT2D eigenvalue weighted by molar-refractivity contribution is 6.33. The van der Waals surface area contributed by atoms with Crippen LogP contribution in [0.25, 0.3) is 0 Å². The number of rotatable bonds is 10. The van der Waals surface area contributed by atoms with E-state index in [0.717, 1.165) is 37.3 Å². The van der Waals surface area contributed by atoms with Gasteiger partial charge in [-0.1, -0.05) is 18.5 Å². The molecule has 2 aromatic carbocycles. The summed E-state index contributed by atoms with van der Waals surface area (Å²) in [6.07, 6.45) is 3.49. The number of hydrogen-bond donors (Lipinski definition) is 3.